The number of anilines is 2. The lowest BCUT2D eigenvalue weighted by atomic mass is 9.76. The number of nitrogens with zero attached hydrogens (tertiary/aromatic N) is 7. The molecule has 274 valence electrons. The van der Waals surface area contributed by atoms with Gasteiger partial charge in [0.05, 0.1) is 18.0 Å². The third kappa shape index (κ3) is 8.17. The summed E-state index contributed by atoms with van der Waals surface area (Å²) in [6, 6.07) is 23.4. The Morgan fingerprint density at radius 1 is 0.923 bits per heavy atom. The Bertz CT molecular complexity index is 1880. The van der Waals surface area contributed by atoms with Crippen molar-refractivity contribution in [3.63, 3.8) is 0 Å². The molecule has 0 bridgehead atoms. The monoisotopic (exact) mass is 722 g/mol. The van der Waals surface area contributed by atoms with Crippen LogP contribution in [0.1, 0.15) is 91.2 Å². The molecule has 1 aromatic heterocycles. The summed E-state index contributed by atoms with van der Waals surface area (Å²) in [5.74, 6) is 1.34. The molecule has 2 aliphatic rings. The summed E-state index contributed by atoms with van der Waals surface area (Å²) < 4.78 is 7.92. The van der Waals surface area contributed by atoms with Gasteiger partial charge in [0.15, 0.2) is 5.25 Å². The van der Waals surface area contributed by atoms with Crippen LogP contribution in [0.4, 0.5) is 11.4 Å². The summed E-state index contributed by atoms with van der Waals surface area (Å²) in [6.45, 7) is 15.6. The molecule has 1 fully saturated rings. The minimum absolute atomic E-state index is 0.0278. The molecule has 12 heteroatoms. The van der Waals surface area contributed by atoms with Gasteiger partial charge in [-0.1, -0.05) is 83.6 Å². The van der Waals surface area contributed by atoms with Gasteiger partial charge in [-0.3, -0.25) is 9.59 Å². The Morgan fingerprint density at radius 3 is 2.33 bits per heavy atom. The maximum absolute atomic E-state index is 13.9. The fraction of sp³-hybridized carbons (Fsp3) is 0.450. The van der Waals surface area contributed by atoms with Gasteiger partial charge in [-0.05, 0) is 101 Å². The van der Waals surface area contributed by atoms with E-state index in [1.165, 1.54) is 27.9 Å². The average Bonchev–Trinajstić information content (AvgIpc) is 3.93. The number of hydrazone groups is 1. The van der Waals surface area contributed by atoms with Crippen molar-refractivity contribution in [1.82, 2.24) is 25.1 Å². The smallest absolute Gasteiger partial charge is 0.268 e. The molecule has 0 unspecified atom stereocenters. The minimum Gasteiger partial charge on any atom is -0.493 e. The van der Waals surface area contributed by atoms with Crippen LogP contribution in [0, 0.1) is 0 Å². The number of hydrogen-bond acceptors (Lipinski definition) is 9. The van der Waals surface area contributed by atoms with Gasteiger partial charge >= 0.3 is 0 Å². The molecule has 4 aromatic rings. The maximum atomic E-state index is 13.9. The molecule has 1 saturated heterocycles. The Hall–Kier alpha value is -4.71. The highest BCUT2D eigenvalue weighted by molar-refractivity contribution is 8.01. The zero-order valence-electron chi connectivity index (χ0n) is 31.1. The molecule has 0 aliphatic carbocycles. The van der Waals surface area contributed by atoms with Crippen molar-refractivity contribution in [1.29, 1.82) is 0 Å². The van der Waals surface area contributed by atoms with E-state index in [4.69, 9.17) is 9.84 Å². The maximum Gasteiger partial charge on any atom is 0.268 e. The van der Waals surface area contributed by atoms with Crippen molar-refractivity contribution in [2.24, 2.45) is 5.10 Å². The van der Waals surface area contributed by atoms with E-state index >= 15 is 0 Å². The summed E-state index contributed by atoms with van der Waals surface area (Å²) in [7, 11) is 0. The number of thioether (sulfide) groups is 1. The molecule has 52 heavy (non-hydrogen) atoms. The van der Waals surface area contributed by atoms with Gasteiger partial charge in [-0.2, -0.15) is 14.8 Å². The Kier molecular flexibility index (Phi) is 11.3. The number of amidine groups is 1. The van der Waals surface area contributed by atoms with E-state index in [0.29, 0.717) is 41.8 Å². The third-order valence-electron chi connectivity index (χ3n) is 10.4. The lowest BCUT2D eigenvalue weighted by Gasteiger charge is -2.30. The Balaban J connectivity index is 1.07. The van der Waals surface area contributed by atoms with Crippen LogP contribution >= 0.6 is 11.8 Å². The zero-order valence-corrected chi connectivity index (χ0v) is 31.9. The van der Waals surface area contributed by atoms with Crippen LogP contribution < -0.4 is 15.1 Å². The second kappa shape index (κ2) is 15.9. The SMILES string of the molecule is CCC(C)(C)c1ccc(OCCCC(=O)Nc2ccc(N3N=C(N4CCCC4)[C@@H](Sc4nnnn4-c4ccccc4)C3=O)cc2)c(C(C)(C)CC)c1. The Morgan fingerprint density at radius 2 is 1.63 bits per heavy atom. The highest BCUT2D eigenvalue weighted by Crippen LogP contribution is 2.39. The van der Waals surface area contributed by atoms with Crippen molar-refractivity contribution in [3.05, 3.63) is 83.9 Å². The second-order valence-electron chi connectivity index (χ2n) is 14.7. The highest BCUT2D eigenvalue weighted by Gasteiger charge is 2.42. The molecule has 1 atom stereocenters. The molecule has 2 aliphatic heterocycles. The molecule has 11 nitrogen and oxygen atoms in total. The molecule has 2 amide bonds. The van der Waals surface area contributed by atoms with E-state index < -0.39 is 5.25 Å². The molecular formula is C40H50N8O3S. The zero-order chi connectivity index (χ0) is 36.9. The summed E-state index contributed by atoms with van der Waals surface area (Å²) in [4.78, 5) is 29.0. The van der Waals surface area contributed by atoms with Crippen molar-refractivity contribution >= 4 is 40.8 Å². The number of aromatic nitrogens is 4. The van der Waals surface area contributed by atoms with Crippen LogP contribution in [0.2, 0.25) is 0 Å². The molecule has 6 rings (SSSR count). The standard InChI is InChI=1S/C40H50N8O3S/c1-7-39(3,4)28-18-23-33(32(27-28)40(5,6)8-2)51-26-14-17-34(49)41-29-19-21-31(22-20-29)47-37(50)35(36(43-47)46-24-12-13-25-46)52-38-42-44-45-48(38)30-15-10-9-11-16-30/h9-11,15-16,18-23,27,35H,7-8,12-14,17,24-26H2,1-6H3,(H,41,49)/t35-/m1/s1. The van der Waals surface area contributed by atoms with E-state index in [0.717, 1.165) is 50.2 Å². The quantitative estimate of drug-likeness (QED) is 0.131. The van der Waals surface area contributed by atoms with Crippen LogP contribution in [-0.2, 0) is 20.4 Å². The van der Waals surface area contributed by atoms with Gasteiger partial charge in [0.2, 0.25) is 11.1 Å². The lowest BCUT2D eigenvalue weighted by Crippen LogP contribution is -2.37. The molecule has 0 radical (unpaired) electrons. The number of para-hydroxylation sites is 1. The van der Waals surface area contributed by atoms with Gasteiger partial charge in [-0.15, -0.1) is 5.10 Å². The van der Waals surface area contributed by atoms with Crippen LogP contribution in [0.3, 0.4) is 0 Å². The highest BCUT2D eigenvalue weighted by atomic mass is 32.2. The van der Waals surface area contributed by atoms with Gasteiger partial charge < -0.3 is 15.0 Å². The molecule has 0 spiro atoms. The van der Waals surface area contributed by atoms with Gasteiger partial charge in [0.25, 0.3) is 5.91 Å². The van der Waals surface area contributed by atoms with Crippen molar-refractivity contribution in [2.75, 3.05) is 30.0 Å². The van der Waals surface area contributed by atoms with E-state index in [-0.39, 0.29) is 22.6 Å². The number of nitrogens with one attached hydrogen (secondary N) is 1. The number of carbonyl (C=O) groups is 2. The average molecular weight is 723 g/mol. The number of rotatable bonds is 14. The predicted molar refractivity (Wildman–Crippen MR) is 207 cm³/mol. The first kappa shape index (κ1) is 37.1. The first-order chi connectivity index (χ1) is 25.0. The lowest BCUT2D eigenvalue weighted by molar-refractivity contribution is -0.117. The fourth-order valence-corrected chi connectivity index (χ4v) is 7.34. The number of ether oxygens (including phenoxy) is 1. The molecular weight excluding hydrogens is 673 g/mol. The largest absolute Gasteiger partial charge is 0.493 e. The van der Waals surface area contributed by atoms with Crippen molar-refractivity contribution < 1.29 is 14.3 Å². The summed E-state index contributed by atoms with van der Waals surface area (Å²) in [5.41, 5.74) is 4.68. The summed E-state index contributed by atoms with van der Waals surface area (Å²) in [6.07, 6.45) is 5.06. The second-order valence-corrected chi connectivity index (χ2v) is 15.8. The number of hydrogen-bond donors (Lipinski definition) is 1. The summed E-state index contributed by atoms with van der Waals surface area (Å²) in [5, 5.41) is 21.5. The predicted octanol–water partition coefficient (Wildman–Crippen LogP) is 7.75. The third-order valence-corrected chi connectivity index (χ3v) is 11.5. The number of benzene rings is 3. The van der Waals surface area contributed by atoms with E-state index in [9.17, 15) is 9.59 Å². The first-order valence-corrected chi connectivity index (χ1v) is 19.2. The van der Waals surface area contributed by atoms with Crippen LogP contribution in [0.25, 0.3) is 5.69 Å². The summed E-state index contributed by atoms with van der Waals surface area (Å²) >= 11 is 1.30. The van der Waals surface area contributed by atoms with Gasteiger partial charge in [0, 0.05) is 30.8 Å². The molecule has 3 aromatic carbocycles. The van der Waals surface area contributed by atoms with E-state index in [2.05, 4.69) is 85.5 Å². The molecule has 0 saturated carbocycles. The number of carbonyl (C=O) groups excluding carboxylic acids is 2. The minimum atomic E-state index is -0.599. The van der Waals surface area contributed by atoms with E-state index in [1.54, 1.807) is 16.8 Å². The first-order valence-electron chi connectivity index (χ1n) is 18.4. The molecule has 1 N–H and O–H groups in total. The number of amides is 2. The van der Waals surface area contributed by atoms with Crippen LogP contribution in [0.5, 0.6) is 5.75 Å². The number of tetrazole rings is 1. The van der Waals surface area contributed by atoms with Crippen molar-refractivity contribution in [3.8, 4) is 11.4 Å². The van der Waals surface area contributed by atoms with Crippen molar-refractivity contribution in [2.45, 2.75) is 101 Å². The topological polar surface area (TPSA) is 118 Å². The molecule has 3 heterocycles. The fourth-order valence-electron chi connectivity index (χ4n) is 6.30. The van der Waals surface area contributed by atoms with Gasteiger partial charge in [-0.25, -0.2) is 0 Å². The Labute approximate surface area is 311 Å². The van der Waals surface area contributed by atoms with Crippen LogP contribution in [0.15, 0.2) is 83.1 Å². The van der Waals surface area contributed by atoms with E-state index in [1.807, 2.05) is 42.5 Å². The van der Waals surface area contributed by atoms with Gasteiger partial charge in [0.1, 0.15) is 11.6 Å². The normalized spacial score (nSPS) is 16.4. The van der Waals surface area contributed by atoms with Crippen LogP contribution in [-0.4, -0.2) is 67.7 Å². The number of likely N-dealkylation sites (tertiary alicyclic amines) is 1.